The van der Waals surface area contributed by atoms with E-state index in [9.17, 15) is 14.4 Å². The molecule has 2 saturated heterocycles. The Balaban J connectivity index is 1.41. The number of carbonyl (C=O) groups is 3. The fourth-order valence-corrected chi connectivity index (χ4v) is 6.71. The molecule has 2 bridgehead atoms. The van der Waals surface area contributed by atoms with Crippen molar-refractivity contribution in [1.82, 2.24) is 10.2 Å². The van der Waals surface area contributed by atoms with Crippen molar-refractivity contribution in [1.29, 1.82) is 0 Å². The van der Waals surface area contributed by atoms with Crippen molar-refractivity contribution < 1.29 is 28.6 Å². The first-order chi connectivity index (χ1) is 18.4. The normalized spacial score (nSPS) is 33.3. The first-order valence-corrected chi connectivity index (χ1v) is 13.9. The Morgan fingerprint density at radius 1 is 1.21 bits per heavy atom. The van der Waals surface area contributed by atoms with Crippen LogP contribution in [0.25, 0.3) is 0 Å². The van der Waals surface area contributed by atoms with Gasteiger partial charge in [0.25, 0.3) is 0 Å². The number of likely N-dealkylation sites (tertiary alicyclic amines) is 1. The first kappa shape index (κ1) is 26.7. The molecule has 3 heterocycles. The summed E-state index contributed by atoms with van der Waals surface area (Å²) in [5.41, 5.74) is -0.583. The highest BCUT2D eigenvalue weighted by Gasteiger charge is 2.72. The largest absolute Gasteiger partial charge is 0.497 e. The minimum atomic E-state index is -1.16. The molecule has 9 heteroatoms. The van der Waals surface area contributed by atoms with Gasteiger partial charge in [-0.1, -0.05) is 38.0 Å². The number of nitrogens with zero attached hydrogens (tertiary/aromatic N) is 1. The molecule has 0 aromatic heterocycles. The molecule has 206 valence electrons. The SMILES string of the molecule is CCOCCCN1C(=O)[C@H]2[C@H](C(=O)Nc3cccc(OC)c3)[C@H]3C=C[C@@]2(O3)[C@@H]1C(=O)N[C@@H]1CCCC[C@H]1C. The monoisotopic (exact) mass is 525 g/mol. The minimum Gasteiger partial charge on any atom is -0.497 e. The molecule has 3 fully saturated rings. The third-order valence-corrected chi connectivity index (χ3v) is 8.59. The summed E-state index contributed by atoms with van der Waals surface area (Å²) in [7, 11) is 1.57. The summed E-state index contributed by atoms with van der Waals surface area (Å²) >= 11 is 0. The molecular formula is C29H39N3O6. The van der Waals surface area contributed by atoms with Gasteiger partial charge in [0, 0.05) is 37.6 Å². The van der Waals surface area contributed by atoms with E-state index in [2.05, 4.69) is 17.6 Å². The number of methoxy groups -OCH3 is 1. The molecule has 4 aliphatic rings. The highest BCUT2D eigenvalue weighted by Crippen LogP contribution is 2.55. The van der Waals surface area contributed by atoms with Crippen LogP contribution in [0.15, 0.2) is 36.4 Å². The smallest absolute Gasteiger partial charge is 0.246 e. The molecule has 38 heavy (non-hydrogen) atoms. The zero-order chi connectivity index (χ0) is 26.9. The minimum absolute atomic E-state index is 0.0711. The van der Waals surface area contributed by atoms with Crippen molar-refractivity contribution in [3.05, 3.63) is 36.4 Å². The number of amides is 3. The molecule has 1 aromatic rings. The van der Waals surface area contributed by atoms with E-state index in [0.29, 0.717) is 43.5 Å². The summed E-state index contributed by atoms with van der Waals surface area (Å²) in [6.45, 7) is 5.53. The Bertz CT molecular complexity index is 1090. The van der Waals surface area contributed by atoms with Gasteiger partial charge in [-0.05, 0) is 44.2 Å². The number of anilines is 1. The van der Waals surface area contributed by atoms with Crippen LogP contribution in [0, 0.1) is 17.8 Å². The van der Waals surface area contributed by atoms with Crippen molar-refractivity contribution in [2.45, 2.75) is 69.7 Å². The predicted octanol–water partition coefficient (Wildman–Crippen LogP) is 2.91. The summed E-state index contributed by atoms with van der Waals surface area (Å²) in [4.78, 5) is 43.1. The fraction of sp³-hybridized carbons (Fsp3) is 0.621. The molecule has 1 aromatic carbocycles. The lowest BCUT2D eigenvalue weighted by atomic mass is 9.74. The molecule has 1 aliphatic carbocycles. The van der Waals surface area contributed by atoms with Crippen LogP contribution in [-0.4, -0.2) is 73.3 Å². The van der Waals surface area contributed by atoms with Crippen molar-refractivity contribution >= 4 is 23.4 Å². The van der Waals surface area contributed by atoms with Crippen molar-refractivity contribution in [2.24, 2.45) is 17.8 Å². The third-order valence-electron chi connectivity index (χ3n) is 8.59. The second-order valence-corrected chi connectivity index (χ2v) is 10.9. The Labute approximate surface area is 224 Å². The molecule has 0 unspecified atom stereocenters. The molecule has 3 aliphatic heterocycles. The van der Waals surface area contributed by atoms with Gasteiger partial charge in [0.1, 0.15) is 17.4 Å². The Morgan fingerprint density at radius 2 is 2.03 bits per heavy atom. The molecule has 9 nitrogen and oxygen atoms in total. The van der Waals surface area contributed by atoms with Crippen LogP contribution in [0.3, 0.4) is 0 Å². The third kappa shape index (κ3) is 4.71. The molecule has 1 saturated carbocycles. The van der Waals surface area contributed by atoms with E-state index in [0.717, 1.165) is 19.3 Å². The number of ether oxygens (including phenoxy) is 3. The van der Waals surface area contributed by atoms with Crippen molar-refractivity contribution in [3.63, 3.8) is 0 Å². The van der Waals surface area contributed by atoms with Crippen LogP contribution < -0.4 is 15.4 Å². The molecule has 3 amide bonds. The van der Waals surface area contributed by atoms with Crippen LogP contribution in [-0.2, 0) is 23.9 Å². The highest BCUT2D eigenvalue weighted by molar-refractivity contribution is 6.02. The number of hydrogen-bond donors (Lipinski definition) is 2. The van der Waals surface area contributed by atoms with Gasteiger partial charge >= 0.3 is 0 Å². The highest BCUT2D eigenvalue weighted by atomic mass is 16.5. The van der Waals surface area contributed by atoms with Crippen LogP contribution in [0.1, 0.15) is 46.0 Å². The van der Waals surface area contributed by atoms with Gasteiger partial charge in [0.2, 0.25) is 17.7 Å². The van der Waals surface area contributed by atoms with Gasteiger partial charge in [0.05, 0.1) is 25.0 Å². The first-order valence-electron chi connectivity index (χ1n) is 13.9. The average Bonchev–Trinajstić information content (AvgIpc) is 3.55. The van der Waals surface area contributed by atoms with Crippen LogP contribution >= 0.6 is 0 Å². The van der Waals surface area contributed by atoms with Crippen LogP contribution in [0.2, 0.25) is 0 Å². The van der Waals surface area contributed by atoms with Gasteiger partial charge in [-0.25, -0.2) is 0 Å². The number of hydrogen-bond acceptors (Lipinski definition) is 6. The van der Waals surface area contributed by atoms with E-state index in [1.807, 2.05) is 19.1 Å². The molecule has 7 atom stereocenters. The molecule has 1 spiro atoms. The zero-order valence-corrected chi connectivity index (χ0v) is 22.5. The summed E-state index contributed by atoms with van der Waals surface area (Å²) in [5, 5.41) is 6.20. The number of nitrogens with one attached hydrogen (secondary N) is 2. The lowest BCUT2D eigenvalue weighted by Crippen LogP contribution is -2.57. The summed E-state index contributed by atoms with van der Waals surface area (Å²) < 4.78 is 17.2. The van der Waals surface area contributed by atoms with E-state index in [4.69, 9.17) is 14.2 Å². The standard InChI is InChI=1S/C29H39N3O6/c1-4-37-16-8-15-32-25(27(34)31-21-12-6-5-9-18(21)2)29-14-13-22(38-29)23(24(29)28(32)35)26(33)30-19-10-7-11-20(17-19)36-3/h7,10-11,13-14,17-18,21-25H,4-6,8-9,12,15-16H2,1-3H3,(H,30,33)(H,31,34)/t18-,21-,22-,23-,24-,25+,29+/m1/s1. The second-order valence-electron chi connectivity index (χ2n) is 10.9. The maximum Gasteiger partial charge on any atom is 0.246 e. The number of rotatable bonds is 10. The predicted molar refractivity (Wildman–Crippen MR) is 142 cm³/mol. The topological polar surface area (TPSA) is 106 Å². The Kier molecular flexibility index (Phi) is 7.77. The molecule has 2 N–H and O–H groups in total. The molecule has 0 radical (unpaired) electrons. The van der Waals surface area contributed by atoms with Gasteiger partial charge in [-0.2, -0.15) is 0 Å². The summed E-state index contributed by atoms with van der Waals surface area (Å²) in [6, 6.07) is 6.34. The van der Waals surface area contributed by atoms with Gasteiger partial charge in [-0.15, -0.1) is 0 Å². The Hall–Kier alpha value is -2.91. The van der Waals surface area contributed by atoms with E-state index in [1.54, 1.807) is 36.3 Å². The summed E-state index contributed by atoms with van der Waals surface area (Å²) in [6.07, 6.45) is 7.98. The van der Waals surface area contributed by atoms with Gasteiger partial charge < -0.3 is 29.7 Å². The fourth-order valence-electron chi connectivity index (χ4n) is 6.71. The van der Waals surface area contributed by atoms with E-state index in [1.165, 1.54) is 6.42 Å². The second kappa shape index (κ2) is 11.1. The lowest BCUT2D eigenvalue weighted by Gasteiger charge is -2.36. The van der Waals surface area contributed by atoms with Crippen LogP contribution in [0.4, 0.5) is 5.69 Å². The Morgan fingerprint density at radius 3 is 2.79 bits per heavy atom. The molecule has 5 rings (SSSR count). The van der Waals surface area contributed by atoms with E-state index < -0.39 is 29.6 Å². The number of carbonyl (C=O) groups excluding carboxylic acids is 3. The maximum atomic E-state index is 14.0. The van der Waals surface area contributed by atoms with Crippen LogP contribution in [0.5, 0.6) is 5.75 Å². The van der Waals surface area contributed by atoms with E-state index >= 15 is 0 Å². The lowest BCUT2D eigenvalue weighted by molar-refractivity contribution is -0.141. The van der Waals surface area contributed by atoms with Crippen molar-refractivity contribution in [2.75, 3.05) is 32.2 Å². The quantitative estimate of drug-likeness (QED) is 0.360. The maximum absolute atomic E-state index is 14.0. The van der Waals surface area contributed by atoms with Gasteiger partial charge in [0.15, 0.2) is 0 Å². The average molecular weight is 526 g/mol. The number of benzene rings is 1. The summed E-state index contributed by atoms with van der Waals surface area (Å²) in [5.74, 6) is -1.22. The van der Waals surface area contributed by atoms with E-state index in [-0.39, 0.29) is 23.8 Å². The molecular weight excluding hydrogens is 486 g/mol. The zero-order valence-electron chi connectivity index (χ0n) is 22.5. The number of fused-ring (bicyclic) bond motifs is 1. The van der Waals surface area contributed by atoms with Gasteiger partial charge in [-0.3, -0.25) is 14.4 Å². The van der Waals surface area contributed by atoms with Crippen molar-refractivity contribution in [3.8, 4) is 5.75 Å².